The molecule has 0 saturated heterocycles. The van der Waals surface area contributed by atoms with E-state index in [0.717, 1.165) is 0 Å². The Bertz CT molecular complexity index is 104. The molecule has 0 unspecified atom stereocenters. The largest absolute Gasteiger partial charge is 2.00 e. The zero-order valence-corrected chi connectivity index (χ0v) is 20.3. The molecule has 0 spiro atoms. The fraction of sp³-hybridized carbons (Fsp3) is 0.920. The summed E-state index contributed by atoms with van der Waals surface area (Å²) in [6, 6.07) is 0. The minimum atomic E-state index is 0. The average Bonchev–Trinajstić information content (AvgIpc) is 3.47. The van der Waals surface area contributed by atoms with E-state index in [2.05, 4.69) is 13.8 Å². The van der Waals surface area contributed by atoms with Crippen molar-refractivity contribution in [2.24, 2.45) is 0 Å². The Balaban J connectivity index is -0.000000114. The van der Waals surface area contributed by atoms with Crippen LogP contribution in [-0.4, -0.2) is 0 Å². The van der Waals surface area contributed by atoms with Crippen molar-refractivity contribution in [1.29, 1.82) is 0 Å². The Hall–Kier alpha value is 0.519. The van der Waals surface area contributed by atoms with Crippen molar-refractivity contribution in [3.63, 3.8) is 0 Å². The third-order valence-electron chi connectivity index (χ3n) is 5.00. The topological polar surface area (TPSA) is 0 Å². The van der Waals surface area contributed by atoms with Gasteiger partial charge in [-0.2, -0.15) is 0 Å². The third-order valence-corrected chi connectivity index (χ3v) is 5.00. The molecule has 0 amide bonds. The molecule has 26 heavy (non-hydrogen) atoms. The fourth-order valence-corrected chi connectivity index (χ4v) is 3.54. The summed E-state index contributed by atoms with van der Waals surface area (Å²) in [5.74, 6) is 0. The van der Waals surface area contributed by atoms with Crippen molar-refractivity contribution >= 4 is 0 Å². The van der Waals surface area contributed by atoms with Crippen molar-refractivity contribution in [1.82, 2.24) is 0 Å². The molecule has 0 aromatic rings. The SMILES string of the molecule is C1CCCC1.C1CCCC1.C1CCCC1.C1CCCC1.CCC.[CH3-].[CH3-].[Fe+2]. The minimum absolute atomic E-state index is 0. The van der Waals surface area contributed by atoms with Crippen LogP contribution in [0, 0.1) is 14.9 Å². The minimum Gasteiger partial charge on any atom is -0.358 e. The maximum atomic E-state index is 2.12. The van der Waals surface area contributed by atoms with Crippen LogP contribution in [-0.2, 0) is 17.1 Å². The molecule has 0 aromatic heterocycles. The maximum Gasteiger partial charge on any atom is 2.00 e. The van der Waals surface area contributed by atoms with Gasteiger partial charge in [-0.25, -0.2) is 0 Å². The first-order valence-electron chi connectivity index (χ1n) is 11.4. The third kappa shape index (κ3) is 32.2. The van der Waals surface area contributed by atoms with E-state index < -0.39 is 0 Å². The molecule has 1 heteroatoms. The van der Waals surface area contributed by atoms with Gasteiger partial charge < -0.3 is 14.9 Å². The summed E-state index contributed by atoms with van der Waals surface area (Å²) in [5, 5.41) is 0. The van der Waals surface area contributed by atoms with Gasteiger partial charge in [-0.15, -0.1) is 0 Å². The second-order valence-corrected chi connectivity index (χ2v) is 7.78. The van der Waals surface area contributed by atoms with E-state index in [9.17, 15) is 0 Å². The van der Waals surface area contributed by atoms with Crippen LogP contribution in [0.1, 0.15) is 149 Å². The van der Waals surface area contributed by atoms with Crippen molar-refractivity contribution in [2.75, 3.05) is 0 Å². The Labute approximate surface area is 180 Å². The molecule has 0 atom stereocenters. The summed E-state index contributed by atoms with van der Waals surface area (Å²) in [6.07, 6.45) is 31.2. The molecule has 162 valence electrons. The number of hydrogen-bond acceptors (Lipinski definition) is 0. The van der Waals surface area contributed by atoms with Crippen LogP contribution in [0.2, 0.25) is 0 Å². The molecule has 0 heterocycles. The van der Waals surface area contributed by atoms with E-state index in [4.69, 9.17) is 0 Å². The van der Waals surface area contributed by atoms with Crippen LogP contribution in [0.3, 0.4) is 0 Å². The first-order valence-corrected chi connectivity index (χ1v) is 11.4. The molecular formula is C25H54Fe. The first kappa shape index (κ1) is 34.1. The summed E-state index contributed by atoms with van der Waals surface area (Å²) in [5.41, 5.74) is 0. The predicted molar refractivity (Wildman–Crippen MR) is 121 cm³/mol. The summed E-state index contributed by atoms with van der Waals surface area (Å²) < 4.78 is 0. The Morgan fingerprint density at radius 2 is 0.346 bits per heavy atom. The number of hydrogen-bond donors (Lipinski definition) is 0. The Morgan fingerprint density at radius 1 is 0.308 bits per heavy atom. The molecule has 0 aliphatic heterocycles. The smallest absolute Gasteiger partial charge is 0.358 e. The monoisotopic (exact) mass is 410 g/mol. The van der Waals surface area contributed by atoms with E-state index in [0.29, 0.717) is 0 Å². The molecule has 4 aliphatic rings. The predicted octanol–water partition coefficient (Wildman–Crippen LogP) is 10.1. The molecule has 0 aromatic carbocycles. The van der Waals surface area contributed by atoms with Crippen LogP contribution >= 0.6 is 0 Å². The molecule has 0 N–H and O–H groups in total. The van der Waals surface area contributed by atoms with Gasteiger partial charge in [-0.1, -0.05) is 149 Å². The van der Waals surface area contributed by atoms with Gasteiger partial charge in [0.15, 0.2) is 0 Å². The van der Waals surface area contributed by atoms with Gasteiger partial charge in [-0.05, 0) is 0 Å². The molecular weight excluding hydrogens is 356 g/mol. The Morgan fingerprint density at radius 3 is 0.385 bits per heavy atom. The van der Waals surface area contributed by atoms with Crippen molar-refractivity contribution in [3.8, 4) is 0 Å². The van der Waals surface area contributed by atoms with E-state index in [1.165, 1.54) is 135 Å². The van der Waals surface area contributed by atoms with Gasteiger partial charge in [-0.3, -0.25) is 0 Å². The summed E-state index contributed by atoms with van der Waals surface area (Å²) in [6.45, 7) is 4.25. The molecule has 0 nitrogen and oxygen atoms in total. The molecule has 0 radical (unpaired) electrons. The van der Waals surface area contributed by atoms with Crippen molar-refractivity contribution < 1.29 is 17.1 Å². The molecule has 4 saturated carbocycles. The van der Waals surface area contributed by atoms with Gasteiger partial charge in [0, 0.05) is 0 Å². The number of rotatable bonds is 0. The van der Waals surface area contributed by atoms with Gasteiger partial charge in [0.2, 0.25) is 0 Å². The van der Waals surface area contributed by atoms with Crippen LogP contribution < -0.4 is 0 Å². The van der Waals surface area contributed by atoms with Crippen molar-refractivity contribution in [3.05, 3.63) is 14.9 Å². The van der Waals surface area contributed by atoms with Crippen LogP contribution in [0.4, 0.5) is 0 Å². The zero-order valence-electron chi connectivity index (χ0n) is 19.2. The average molecular weight is 411 g/mol. The summed E-state index contributed by atoms with van der Waals surface area (Å²) in [7, 11) is 0. The van der Waals surface area contributed by atoms with Gasteiger partial charge in [0.05, 0.1) is 0 Å². The summed E-state index contributed by atoms with van der Waals surface area (Å²) in [4.78, 5) is 0. The van der Waals surface area contributed by atoms with Crippen molar-refractivity contribution in [2.45, 2.75) is 149 Å². The van der Waals surface area contributed by atoms with Crippen LogP contribution in [0.25, 0.3) is 0 Å². The van der Waals surface area contributed by atoms with Gasteiger partial charge in [0.25, 0.3) is 0 Å². The second-order valence-electron chi connectivity index (χ2n) is 7.78. The molecule has 4 fully saturated rings. The molecule has 0 bridgehead atoms. The van der Waals surface area contributed by atoms with Gasteiger partial charge in [0.1, 0.15) is 0 Å². The standard InChI is InChI=1S/4C5H10.C3H8.2CH3.Fe/c4*1-2-4-5-3-1;1-3-2;;;/h4*1-5H2;3H2,1-2H3;2*1H3;/q;;;;;2*-1;+2. The first-order chi connectivity index (χ1) is 11.4. The second kappa shape index (κ2) is 33.1. The Kier molecular flexibility index (Phi) is 43.4. The molecule has 4 rings (SSSR count). The maximum absolute atomic E-state index is 2.12. The van der Waals surface area contributed by atoms with Crippen LogP contribution in [0.5, 0.6) is 0 Å². The molecule has 4 aliphatic carbocycles. The van der Waals surface area contributed by atoms with E-state index in [1.54, 1.807) is 0 Å². The summed E-state index contributed by atoms with van der Waals surface area (Å²) >= 11 is 0. The van der Waals surface area contributed by atoms with Crippen LogP contribution in [0.15, 0.2) is 0 Å². The fourth-order valence-electron chi connectivity index (χ4n) is 3.54. The zero-order chi connectivity index (χ0) is 16.8. The quantitative estimate of drug-likeness (QED) is 0.275. The van der Waals surface area contributed by atoms with E-state index in [-0.39, 0.29) is 31.9 Å². The van der Waals surface area contributed by atoms with E-state index in [1.807, 2.05) is 0 Å². The van der Waals surface area contributed by atoms with E-state index >= 15 is 0 Å². The normalized spacial score (nSPS) is 19.2. The van der Waals surface area contributed by atoms with Gasteiger partial charge >= 0.3 is 17.1 Å².